The van der Waals surface area contributed by atoms with Gasteiger partial charge in [0.1, 0.15) is 18.9 Å². The lowest BCUT2D eigenvalue weighted by Gasteiger charge is -2.11. The molecule has 0 spiro atoms. The van der Waals surface area contributed by atoms with Crippen LogP contribution in [0.4, 0.5) is 0 Å². The van der Waals surface area contributed by atoms with Gasteiger partial charge in [-0.25, -0.2) is 4.68 Å². The first kappa shape index (κ1) is 20.9. The first-order valence-corrected chi connectivity index (χ1v) is 9.36. The van der Waals surface area contributed by atoms with Crippen LogP contribution in [0.1, 0.15) is 0 Å². The Morgan fingerprint density at radius 3 is 2.50 bits per heavy atom. The van der Waals surface area contributed by atoms with Crippen molar-refractivity contribution in [3.05, 3.63) is 71.0 Å². The van der Waals surface area contributed by atoms with Crippen molar-refractivity contribution in [2.24, 2.45) is 0 Å². The van der Waals surface area contributed by atoms with Crippen molar-refractivity contribution in [1.29, 1.82) is 0 Å². The van der Waals surface area contributed by atoms with E-state index >= 15 is 0 Å². The molecule has 0 aliphatic carbocycles. The van der Waals surface area contributed by atoms with E-state index in [1.807, 2.05) is 30.3 Å². The quantitative estimate of drug-likeness (QED) is 0.545. The fourth-order valence-electron chi connectivity index (χ4n) is 2.78. The number of carbonyl (C=O) groups is 1. The molecule has 2 aromatic carbocycles. The number of hydrogen-bond acceptors (Lipinski definition) is 6. The lowest BCUT2D eigenvalue weighted by atomic mass is 10.1. The number of nitrogens with one attached hydrogen (secondary N) is 1. The molecule has 0 bridgehead atoms. The van der Waals surface area contributed by atoms with Gasteiger partial charge in [0.05, 0.1) is 26.5 Å². The zero-order valence-electron chi connectivity index (χ0n) is 16.8. The average Bonchev–Trinajstić information content (AvgIpc) is 2.78. The minimum atomic E-state index is -0.366. The predicted octanol–water partition coefficient (Wildman–Crippen LogP) is 2.12. The Bertz CT molecular complexity index is 1050. The van der Waals surface area contributed by atoms with Crippen LogP contribution in [-0.4, -0.2) is 43.1 Å². The Morgan fingerprint density at radius 1 is 1.00 bits per heavy atom. The van der Waals surface area contributed by atoms with E-state index in [1.54, 1.807) is 38.5 Å². The van der Waals surface area contributed by atoms with Gasteiger partial charge in [-0.1, -0.05) is 18.2 Å². The van der Waals surface area contributed by atoms with Gasteiger partial charge in [0.2, 0.25) is 5.91 Å². The smallest absolute Gasteiger partial charge is 0.267 e. The molecule has 3 aromatic rings. The van der Waals surface area contributed by atoms with E-state index in [4.69, 9.17) is 14.2 Å². The monoisotopic (exact) mass is 409 g/mol. The van der Waals surface area contributed by atoms with Crippen LogP contribution in [0, 0.1) is 0 Å². The third-order valence-corrected chi connectivity index (χ3v) is 4.28. The molecular formula is C22H23N3O5. The van der Waals surface area contributed by atoms with Crippen molar-refractivity contribution in [1.82, 2.24) is 15.1 Å². The topological polar surface area (TPSA) is 91.7 Å². The zero-order valence-corrected chi connectivity index (χ0v) is 16.8. The highest BCUT2D eigenvalue weighted by Gasteiger charge is 2.10. The van der Waals surface area contributed by atoms with E-state index in [9.17, 15) is 9.59 Å². The number of hydrogen-bond donors (Lipinski definition) is 1. The Kier molecular flexibility index (Phi) is 7.05. The van der Waals surface area contributed by atoms with Gasteiger partial charge >= 0.3 is 0 Å². The second kappa shape index (κ2) is 10.1. The molecule has 0 saturated heterocycles. The summed E-state index contributed by atoms with van der Waals surface area (Å²) in [6, 6.07) is 17.6. The van der Waals surface area contributed by atoms with Gasteiger partial charge in [-0.05, 0) is 36.4 Å². The summed E-state index contributed by atoms with van der Waals surface area (Å²) >= 11 is 0. The summed E-state index contributed by atoms with van der Waals surface area (Å²) in [5, 5.41) is 7.03. The molecule has 156 valence electrons. The molecule has 1 N–H and O–H groups in total. The van der Waals surface area contributed by atoms with Crippen LogP contribution >= 0.6 is 0 Å². The third kappa shape index (κ3) is 5.38. The summed E-state index contributed by atoms with van der Waals surface area (Å²) in [6.45, 7) is 0.451. The summed E-state index contributed by atoms with van der Waals surface area (Å²) in [5.41, 5.74) is 0.906. The number of carbonyl (C=O) groups excluding carboxylic acids is 1. The van der Waals surface area contributed by atoms with Gasteiger partial charge in [0, 0.05) is 11.6 Å². The molecule has 1 aromatic heterocycles. The molecule has 3 rings (SSSR count). The van der Waals surface area contributed by atoms with Crippen molar-refractivity contribution in [2.75, 3.05) is 27.4 Å². The van der Waals surface area contributed by atoms with Crippen LogP contribution in [0.3, 0.4) is 0 Å². The highest BCUT2D eigenvalue weighted by atomic mass is 16.5. The normalized spacial score (nSPS) is 10.3. The standard InChI is InChI=1S/C22H23N3O5/c1-28-19-10-8-16(14-20(19)29-2)18-9-11-22(27)25(24-18)15-21(26)23-12-13-30-17-6-4-3-5-7-17/h3-11,14H,12-13,15H2,1-2H3,(H,23,26). The van der Waals surface area contributed by atoms with Gasteiger partial charge in [0.15, 0.2) is 11.5 Å². The molecule has 0 atom stereocenters. The van der Waals surface area contributed by atoms with Crippen LogP contribution in [0.5, 0.6) is 17.2 Å². The van der Waals surface area contributed by atoms with Crippen molar-refractivity contribution < 1.29 is 19.0 Å². The molecule has 0 radical (unpaired) electrons. The van der Waals surface area contributed by atoms with Gasteiger partial charge in [-0.15, -0.1) is 0 Å². The second-order valence-corrected chi connectivity index (χ2v) is 6.30. The van der Waals surface area contributed by atoms with E-state index in [2.05, 4.69) is 10.4 Å². The zero-order chi connectivity index (χ0) is 21.3. The van der Waals surface area contributed by atoms with Gasteiger partial charge in [-0.3, -0.25) is 9.59 Å². The molecule has 1 heterocycles. The third-order valence-electron chi connectivity index (χ3n) is 4.28. The van der Waals surface area contributed by atoms with Crippen molar-refractivity contribution >= 4 is 5.91 Å². The van der Waals surface area contributed by atoms with Crippen molar-refractivity contribution in [2.45, 2.75) is 6.54 Å². The van der Waals surface area contributed by atoms with E-state index < -0.39 is 0 Å². The van der Waals surface area contributed by atoms with E-state index in [0.717, 1.165) is 16.0 Å². The molecule has 8 heteroatoms. The first-order valence-electron chi connectivity index (χ1n) is 9.36. The summed E-state index contributed by atoms with van der Waals surface area (Å²) in [4.78, 5) is 24.3. The molecule has 8 nitrogen and oxygen atoms in total. The second-order valence-electron chi connectivity index (χ2n) is 6.30. The van der Waals surface area contributed by atoms with Gasteiger partial charge in [0.25, 0.3) is 5.56 Å². The Labute approximate surface area is 174 Å². The number of aromatic nitrogens is 2. The number of rotatable bonds is 9. The van der Waals surface area contributed by atoms with Crippen LogP contribution in [0.2, 0.25) is 0 Å². The number of methoxy groups -OCH3 is 2. The molecule has 0 saturated carbocycles. The van der Waals surface area contributed by atoms with Gasteiger partial charge < -0.3 is 19.5 Å². The maximum atomic E-state index is 12.2. The molecule has 0 fully saturated rings. The number of benzene rings is 2. The highest BCUT2D eigenvalue weighted by molar-refractivity contribution is 5.75. The first-order chi connectivity index (χ1) is 14.6. The highest BCUT2D eigenvalue weighted by Crippen LogP contribution is 2.31. The average molecular weight is 409 g/mol. The minimum absolute atomic E-state index is 0.189. The van der Waals surface area contributed by atoms with Crippen LogP contribution in [0.15, 0.2) is 65.5 Å². The van der Waals surface area contributed by atoms with Crippen molar-refractivity contribution in [3.63, 3.8) is 0 Å². The molecule has 30 heavy (non-hydrogen) atoms. The largest absolute Gasteiger partial charge is 0.493 e. The SMILES string of the molecule is COc1ccc(-c2ccc(=O)n(CC(=O)NCCOc3ccccc3)n2)cc1OC. The minimum Gasteiger partial charge on any atom is -0.493 e. The molecule has 0 unspecified atom stereocenters. The van der Waals surface area contributed by atoms with Crippen LogP contribution in [0.25, 0.3) is 11.3 Å². The predicted molar refractivity (Wildman–Crippen MR) is 112 cm³/mol. The maximum Gasteiger partial charge on any atom is 0.267 e. The van der Waals surface area contributed by atoms with Crippen LogP contribution in [-0.2, 0) is 11.3 Å². The molecule has 0 aliphatic heterocycles. The van der Waals surface area contributed by atoms with E-state index in [1.165, 1.54) is 6.07 Å². The molecule has 1 amide bonds. The Balaban J connectivity index is 1.62. The number of para-hydroxylation sites is 1. The summed E-state index contributed by atoms with van der Waals surface area (Å²) < 4.78 is 17.2. The lowest BCUT2D eigenvalue weighted by molar-refractivity contribution is -0.122. The summed E-state index contributed by atoms with van der Waals surface area (Å²) in [6.07, 6.45) is 0. The van der Waals surface area contributed by atoms with Gasteiger partial charge in [-0.2, -0.15) is 5.10 Å². The summed E-state index contributed by atoms with van der Waals surface area (Å²) in [5.74, 6) is 1.54. The summed E-state index contributed by atoms with van der Waals surface area (Å²) in [7, 11) is 3.10. The number of ether oxygens (including phenoxy) is 3. The van der Waals surface area contributed by atoms with E-state index in [-0.39, 0.29) is 18.0 Å². The Morgan fingerprint density at radius 2 is 1.77 bits per heavy atom. The molecular weight excluding hydrogens is 386 g/mol. The molecule has 0 aliphatic rings. The van der Waals surface area contributed by atoms with Crippen molar-refractivity contribution in [3.8, 4) is 28.5 Å². The Hall–Kier alpha value is -3.81. The number of nitrogens with zero attached hydrogens (tertiary/aromatic N) is 2. The fourth-order valence-corrected chi connectivity index (χ4v) is 2.78. The van der Waals surface area contributed by atoms with Crippen LogP contribution < -0.4 is 25.1 Å². The number of amides is 1. The maximum absolute atomic E-state index is 12.2. The lowest BCUT2D eigenvalue weighted by Crippen LogP contribution is -2.35. The van der Waals surface area contributed by atoms with E-state index in [0.29, 0.717) is 30.3 Å². The fraction of sp³-hybridized carbons (Fsp3) is 0.227.